The van der Waals surface area contributed by atoms with E-state index in [0.717, 1.165) is 51.4 Å². The smallest absolute Gasteiger partial charge is 0.199 e. The molecule has 0 saturated heterocycles. The lowest BCUT2D eigenvalue weighted by molar-refractivity contribution is -0.498. The van der Waals surface area contributed by atoms with Crippen LogP contribution < -0.4 is 0 Å². The molecule has 0 aromatic carbocycles. The maximum absolute atomic E-state index is 11.5. The van der Waals surface area contributed by atoms with Crippen molar-refractivity contribution in [2.24, 2.45) is 0 Å². The quantitative estimate of drug-likeness (QED) is 0.203. The number of rotatable bonds is 3. The van der Waals surface area contributed by atoms with Crippen LogP contribution in [0.5, 0.6) is 0 Å². The summed E-state index contributed by atoms with van der Waals surface area (Å²) in [7, 11) is 0. The fourth-order valence-electron chi connectivity index (χ4n) is 6.77. The van der Waals surface area contributed by atoms with Crippen LogP contribution in [0.4, 0.5) is 0 Å². The zero-order valence-electron chi connectivity index (χ0n) is 26.8. The Kier molecular flexibility index (Phi) is 21.9. The van der Waals surface area contributed by atoms with Crippen molar-refractivity contribution in [3.8, 4) is 0 Å². The maximum atomic E-state index is 11.5. The molecule has 40 heavy (non-hydrogen) atoms. The van der Waals surface area contributed by atoms with Crippen molar-refractivity contribution in [3.63, 3.8) is 0 Å². The molecule has 2 aliphatic carbocycles. The standard InChI is InChI=1S/C36H70O4/c37-35(31-27-23-19-15-11-7-3-1-4-8-12-16-20-24-28-32-35)39-40-36(38)33-29-25-21-17-13-9-5-2-6-10-14-18-22-26-30-34-36/h37-38H,1-34H2. The summed E-state index contributed by atoms with van der Waals surface area (Å²) in [6, 6.07) is 0. The molecular weight excluding hydrogens is 496 g/mol. The summed E-state index contributed by atoms with van der Waals surface area (Å²) >= 11 is 0. The fourth-order valence-corrected chi connectivity index (χ4v) is 6.77. The topological polar surface area (TPSA) is 58.9 Å². The zero-order valence-corrected chi connectivity index (χ0v) is 26.8. The summed E-state index contributed by atoms with van der Waals surface area (Å²) in [5.41, 5.74) is 0. The molecule has 0 heterocycles. The highest BCUT2D eigenvalue weighted by Crippen LogP contribution is 2.31. The van der Waals surface area contributed by atoms with E-state index in [9.17, 15) is 10.2 Å². The van der Waals surface area contributed by atoms with Crippen molar-refractivity contribution < 1.29 is 20.0 Å². The van der Waals surface area contributed by atoms with Gasteiger partial charge in [-0.3, -0.25) is 0 Å². The summed E-state index contributed by atoms with van der Waals surface area (Å²) in [5.74, 6) is -2.57. The third-order valence-corrected chi connectivity index (χ3v) is 9.62. The Balaban J connectivity index is 1.87. The van der Waals surface area contributed by atoms with Gasteiger partial charge in [-0.2, -0.15) is 9.78 Å². The summed E-state index contributed by atoms with van der Waals surface area (Å²) in [5, 5.41) is 23.1. The van der Waals surface area contributed by atoms with Crippen molar-refractivity contribution in [1.29, 1.82) is 0 Å². The van der Waals surface area contributed by atoms with E-state index in [0.29, 0.717) is 25.7 Å². The summed E-state index contributed by atoms with van der Waals surface area (Å²) in [6.45, 7) is 0. The van der Waals surface area contributed by atoms with Crippen molar-refractivity contribution in [3.05, 3.63) is 0 Å². The number of aliphatic hydroxyl groups is 2. The molecule has 4 heteroatoms. The van der Waals surface area contributed by atoms with Gasteiger partial charge >= 0.3 is 0 Å². The predicted molar refractivity (Wildman–Crippen MR) is 169 cm³/mol. The van der Waals surface area contributed by atoms with E-state index in [4.69, 9.17) is 9.78 Å². The van der Waals surface area contributed by atoms with E-state index in [1.807, 2.05) is 0 Å². The second kappa shape index (κ2) is 24.3. The monoisotopic (exact) mass is 567 g/mol. The molecule has 0 radical (unpaired) electrons. The van der Waals surface area contributed by atoms with E-state index < -0.39 is 11.6 Å². The van der Waals surface area contributed by atoms with Gasteiger partial charge in [-0.1, -0.05) is 167 Å². The average molecular weight is 567 g/mol. The minimum Gasteiger partial charge on any atom is -0.363 e. The van der Waals surface area contributed by atoms with Gasteiger partial charge in [0, 0.05) is 25.7 Å². The van der Waals surface area contributed by atoms with Crippen molar-refractivity contribution in [1.82, 2.24) is 0 Å². The lowest BCUT2D eigenvalue weighted by atomic mass is 9.97. The van der Waals surface area contributed by atoms with Crippen LogP contribution in [-0.2, 0) is 9.78 Å². The van der Waals surface area contributed by atoms with Crippen LogP contribution in [0.3, 0.4) is 0 Å². The van der Waals surface area contributed by atoms with Crippen LogP contribution in [0.2, 0.25) is 0 Å². The Bertz CT molecular complexity index is 467. The molecule has 0 aromatic rings. The Morgan fingerprint density at radius 3 is 0.500 bits per heavy atom. The SMILES string of the molecule is OC1(OOC2(O)CCCCCCCCCCCCCCCCC2)CCCCCCCCCCCCCCCCC1. The highest BCUT2D eigenvalue weighted by Gasteiger charge is 2.35. The second-order valence-electron chi connectivity index (χ2n) is 13.7. The average Bonchev–Trinajstić information content (AvgIpc) is 2.95. The van der Waals surface area contributed by atoms with Crippen molar-refractivity contribution in [2.45, 2.75) is 230 Å². The first kappa shape index (κ1) is 36.0. The number of hydrogen-bond donors (Lipinski definition) is 2. The van der Waals surface area contributed by atoms with E-state index in [-0.39, 0.29) is 0 Å². The molecule has 2 aliphatic rings. The third-order valence-electron chi connectivity index (χ3n) is 9.62. The van der Waals surface area contributed by atoms with E-state index in [1.165, 1.54) is 141 Å². The van der Waals surface area contributed by atoms with Gasteiger partial charge in [-0.15, -0.1) is 0 Å². The number of hydrogen-bond acceptors (Lipinski definition) is 4. The van der Waals surface area contributed by atoms with E-state index >= 15 is 0 Å². The summed E-state index contributed by atoms with van der Waals surface area (Å²) in [4.78, 5) is 11.8. The van der Waals surface area contributed by atoms with Crippen LogP contribution in [0.15, 0.2) is 0 Å². The van der Waals surface area contributed by atoms with Gasteiger partial charge in [0.1, 0.15) is 0 Å². The van der Waals surface area contributed by atoms with Crippen LogP contribution >= 0.6 is 0 Å². The molecule has 0 bridgehead atoms. The molecule has 0 amide bonds. The molecule has 2 rings (SSSR count). The van der Waals surface area contributed by atoms with Gasteiger partial charge in [0.25, 0.3) is 0 Å². The Labute approximate surface area is 249 Å². The molecule has 2 N–H and O–H groups in total. The van der Waals surface area contributed by atoms with Crippen LogP contribution in [-0.4, -0.2) is 21.8 Å². The van der Waals surface area contributed by atoms with Crippen LogP contribution in [0.1, 0.15) is 218 Å². The minimum atomic E-state index is -1.28. The Morgan fingerprint density at radius 2 is 0.350 bits per heavy atom. The van der Waals surface area contributed by atoms with Gasteiger partial charge < -0.3 is 10.2 Å². The zero-order chi connectivity index (χ0) is 28.5. The summed E-state index contributed by atoms with van der Waals surface area (Å²) in [6.07, 6.45) is 40.2. The van der Waals surface area contributed by atoms with E-state index in [2.05, 4.69) is 0 Å². The van der Waals surface area contributed by atoms with Gasteiger partial charge in [0.2, 0.25) is 0 Å². The molecule has 0 atom stereocenters. The fraction of sp³-hybridized carbons (Fsp3) is 1.00. The molecule has 0 unspecified atom stereocenters. The lowest BCUT2D eigenvalue weighted by Gasteiger charge is -2.33. The summed E-state index contributed by atoms with van der Waals surface area (Å²) < 4.78 is 0. The Morgan fingerprint density at radius 1 is 0.225 bits per heavy atom. The predicted octanol–water partition coefficient (Wildman–Crippen LogP) is 11.6. The molecule has 2 saturated carbocycles. The highest BCUT2D eigenvalue weighted by atomic mass is 17.2. The van der Waals surface area contributed by atoms with Gasteiger partial charge in [0.15, 0.2) is 11.6 Å². The molecule has 2 fully saturated rings. The van der Waals surface area contributed by atoms with Gasteiger partial charge in [0.05, 0.1) is 0 Å². The third kappa shape index (κ3) is 19.9. The molecule has 0 spiro atoms. The lowest BCUT2D eigenvalue weighted by Crippen LogP contribution is -2.40. The largest absolute Gasteiger partial charge is 0.363 e. The normalized spacial score (nSPS) is 25.9. The van der Waals surface area contributed by atoms with Crippen molar-refractivity contribution >= 4 is 0 Å². The maximum Gasteiger partial charge on any atom is 0.199 e. The first-order chi connectivity index (χ1) is 19.6. The van der Waals surface area contributed by atoms with Crippen LogP contribution in [0.25, 0.3) is 0 Å². The second-order valence-corrected chi connectivity index (χ2v) is 13.7. The van der Waals surface area contributed by atoms with E-state index in [1.54, 1.807) is 0 Å². The first-order valence-corrected chi connectivity index (χ1v) is 18.4. The minimum absolute atomic E-state index is 0.600. The van der Waals surface area contributed by atoms with Crippen LogP contribution in [0, 0.1) is 0 Å². The molecule has 0 aliphatic heterocycles. The molecular formula is C36H70O4. The highest BCUT2D eigenvalue weighted by molar-refractivity contribution is 4.70. The van der Waals surface area contributed by atoms with Gasteiger partial charge in [-0.05, 0) is 25.7 Å². The first-order valence-electron chi connectivity index (χ1n) is 18.4. The molecule has 4 nitrogen and oxygen atoms in total. The molecule has 0 aromatic heterocycles. The van der Waals surface area contributed by atoms with Crippen molar-refractivity contribution in [2.75, 3.05) is 0 Å². The Hall–Kier alpha value is -0.160. The molecule has 238 valence electrons. The van der Waals surface area contributed by atoms with Gasteiger partial charge in [-0.25, -0.2) is 0 Å².